The van der Waals surface area contributed by atoms with Crippen LogP contribution < -0.4 is 21.3 Å². The number of benzene rings is 1. The number of nitrogens with one attached hydrogen (secondary N) is 4. The van der Waals surface area contributed by atoms with Crippen LogP contribution >= 0.6 is 0 Å². The molecule has 0 amide bonds. The molecule has 0 aliphatic carbocycles. The summed E-state index contributed by atoms with van der Waals surface area (Å²) < 4.78 is 5.66. The van der Waals surface area contributed by atoms with Crippen LogP contribution in [-0.4, -0.2) is 36.7 Å². The molecule has 1 saturated heterocycles. The normalized spacial score (nSPS) is 21.7. The average Bonchev–Trinajstić information content (AvgIpc) is 2.66. The summed E-state index contributed by atoms with van der Waals surface area (Å²) in [6.45, 7) is 8.98. The van der Waals surface area contributed by atoms with Gasteiger partial charge in [0.2, 0.25) is 0 Å². The summed E-state index contributed by atoms with van der Waals surface area (Å²) in [4.78, 5) is 16.5. The molecule has 1 unspecified atom stereocenters. The van der Waals surface area contributed by atoms with Crippen LogP contribution in [0.15, 0.2) is 35.3 Å². The molecular formula is C23H39N5O2. The zero-order valence-corrected chi connectivity index (χ0v) is 19.0. The quantitative estimate of drug-likeness (QED) is 0.237. The molecule has 1 atom stereocenters. The van der Waals surface area contributed by atoms with Crippen molar-refractivity contribution in [2.24, 2.45) is 4.99 Å². The van der Waals surface area contributed by atoms with Crippen molar-refractivity contribution in [1.82, 2.24) is 21.3 Å². The molecule has 1 heterocycles. The lowest BCUT2D eigenvalue weighted by atomic mass is 10.1. The number of aliphatic imine (C=N–C) groups is 1. The lowest BCUT2D eigenvalue weighted by Gasteiger charge is -2.47. The van der Waals surface area contributed by atoms with Gasteiger partial charge in [-0.05, 0) is 32.3 Å². The van der Waals surface area contributed by atoms with Crippen LogP contribution in [0.1, 0.15) is 71.8 Å². The maximum absolute atomic E-state index is 11.9. The molecule has 1 fully saturated rings. The lowest BCUT2D eigenvalue weighted by Crippen LogP contribution is -2.82. The van der Waals surface area contributed by atoms with E-state index in [-0.39, 0.29) is 5.97 Å². The van der Waals surface area contributed by atoms with E-state index in [1.165, 1.54) is 44.6 Å². The highest BCUT2D eigenvalue weighted by atomic mass is 16.6. The number of guanidine groups is 1. The maximum atomic E-state index is 11.9. The molecule has 7 heteroatoms. The van der Waals surface area contributed by atoms with Gasteiger partial charge in [-0.1, -0.05) is 69.4 Å². The Labute approximate surface area is 181 Å². The third kappa shape index (κ3) is 8.71. The zero-order valence-electron chi connectivity index (χ0n) is 19.0. The molecule has 0 saturated carbocycles. The van der Waals surface area contributed by atoms with E-state index in [0.717, 1.165) is 19.4 Å². The van der Waals surface area contributed by atoms with Crippen molar-refractivity contribution in [2.75, 3.05) is 13.1 Å². The number of hydrogen-bond acceptors (Lipinski definition) is 5. The number of unbranched alkanes of at least 4 members (excludes halogenated alkanes) is 5. The second-order valence-corrected chi connectivity index (χ2v) is 8.44. The number of esters is 1. The van der Waals surface area contributed by atoms with Crippen LogP contribution in [0.4, 0.5) is 0 Å². The molecule has 0 aromatic heterocycles. The number of ether oxygens (including phenoxy) is 1. The van der Waals surface area contributed by atoms with E-state index in [0.29, 0.717) is 12.5 Å². The predicted molar refractivity (Wildman–Crippen MR) is 122 cm³/mol. The Bertz CT molecular complexity index is 677. The van der Waals surface area contributed by atoms with Crippen LogP contribution in [0.5, 0.6) is 0 Å². The Morgan fingerprint density at radius 1 is 1.07 bits per heavy atom. The second kappa shape index (κ2) is 11.9. The first kappa shape index (κ1) is 24.2. The Kier molecular flexibility index (Phi) is 9.59. The summed E-state index contributed by atoms with van der Waals surface area (Å²) in [7, 11) is 0. The molecule has 1 aromatic rings. The van der Waals surface area contributed by atoms with Gasteiger partial charge in [0.05, 0.1) is 5.66 Å². The third-order valence-electron chi connectivity index (χ3n) is 4.92. The van der Waals surface area contributed by atoms with E-state index in [4.69, 9.17) is 4.74 Å². The Hall–Kier alpha value is -2.12. The standard InChI is InChI=1S/C23H39N5O2/c1-5-6-7-8-9-13-17-24-21-26-22(3,4)28-23(27-21,30-19(2)29)25-18-16-20-14-11-10-12-15-20/h10-12,14-15,25,28H,5-9,13,16-18H2,1-4H3,(H2,24,26,27). The van der Waals surface area contributed by atoms with E-state index in [1.807, 2.05) is 32.0 Å². The van der Waals surface area contributed by atoms with Crippen molar-refractivity contribution < 1.29 is 9.53 Å². The highest BCUT2D eigenvalue weighted by Crippen LogP contribution is 2.13. The number of rotatable bonds is 12. The Balaban J connectivity index is 1.98. The number of carbonyl (C=O) groups excluding carboxylic acids is 1. The number of hydrogen-bond donors (Lipinski definition) is 4. The summed E-state index contributed by atoms with van der Waals surface area (Å²) in [5.41, 5.74) is 0.702. The minimum Gasteiger partial charge on any atom is -0.411 e. The van der Waals surface area contributed by atoms with Gasteiger partial charge in [0.15, 0.2) is 5.96 Å². The first-order valence-electron chi connectivity index (χ1n) is 11.2. The second-order valence-electron chi connectivity index (χ2n) is 8.44. The van der Waals surface area contributed by atoms with Gasteiger partial charge in [-0.3, -0.25) is 15.1 Å². The van der Waals surface area contributed by atoms with Gasteiger partial charge < -0.3 is 10.1 Å². The lowest BCUT2D eigenvalue weighted by molar-refractivity contribution is -0.175. The molecule has 30 heavy (non-hydrogen) atoms. The van der Waals surface area contributed by atoms with Gasteiger partial charge in [-0.15, -0.1) is 0 Å². The number of carbonyl (C=O) groups is 1. The molecule has 0 bridgehead atoms. The largest absolute Gasteiger partial charge is 0.411 e. The monoisotopic (exact) mass is 417 g/mol. The van der Waals surface area contributed by atoms with Crippen molar-refractivity contribution in [2.45, 2.75) is 84.3 Å². The average molecular weight is 418 g/mol. The van der Waals surface area contributed by atoms with Crippen LogP contribution in [0.25, 0.3) is 0 Å². The molecule has 1 aliphatic heterocycles. The van der Waals surface area contributed by atoms with Crippen LogP contribution in [0.2, 0.25) is 0 Å². The Morgan fingerprint density at radius 3 is 2.47 bits per heavy atom. The van der Waals surface area contributed by atoms with Crippen molar-refractivity contribution >= 4 is 11.9 Å². The fraction of sp³-hybridized carbons (Fsp3) is 0.652. The van der Waals surface area contributed by atoms with E-state index in [9.17, 15) is 4.79 Å². The minimum absolute atomic E-state index is 0.379. The minimum atomic E-state index is -1.21. The van der Waals surface area contributed by atoms with Crippen LogP contribution in [-0.2, 0) is 16.0 Å². The molecule has 0 spiro atoms. The van der Waals surface area contributed by atoms with E-state index >= 15 is 0 Å². The number of nitrogens with zero attached hydrogens (tertiary/aromatic N) is 1. The topological polar surface area (TPSA) is 86.8 Å². The predicted octanol–water partition coefficient (Wildman–Crippen LogP) is 3.23. The highest BCUT2D eigenvalue weighted by Gasteiger charge is 2.44. The van der Waals surface area contributed by atoms with Crippen molar-refractivity contribution in [3.05, 3.63) is 35.9 Å². The molecule has 2 rings (SSSR count). The molecule has 4 N–H and O–H groups in total. The van der Waals surface area contributed by atoms with Gasteiger partial charge >= 0.3 is 11.9 Å². The maximum Gasteiger partial charge on any atom is 0.307 e. The smallest absolute Gasteiger partial charge is 0.307 e. The fourth-order valence-electron chi connectivity index (χ4n) is 3.58. The molecule has 0 radical (unpaired) electrons. The SMILES string of the molecule is CCCCCCCCN=C1NC(C)(C)NC(NCCc2ccccc2)(OC(C)=O)N1. The first-order valence-corrected chi connectivity index (χ1v) is 11.2. The van der Waals surface area contributed by atoms with Gasteiger partial charge in [0.1, 0.15) is 0 Å². The molecule has 7 nitrogen and oxygen atoms in total. The fourth-order valence-corrected chi connectivity index (χ4v) is 3.58. The first-order chi connectivity index (χ1) is 14.3. The van der Waals surface area contributed by atoms with Crippen LogP contribution in [0.3, 0.4) is 0 Å². The molecule has 168 valence electrons. The van der Waals surface area contributed by atoms with Gasteiger partial charge in [-0.2, -0.15) is 0 Å². The van der Waals surface area contributed by atoms with Gasteiger partial charge in [-0.25, -0.2) is 10.6 Å². The molecule has 1 aromatic carbocycles. The van der Waals surface area contributed by atoms with Gasteiger partial charge in [0.25, 0.3) is 0 Å². The van der Waals surface area contributed by atoms with Crippen molar-refractivity contribution in [3.63, 3.8) is 0 Å². The third-order valence-corrected chi connectivity index (χ3v) is 4.92. The van der Waals surface area contributed by atoms with E-state index in [1.54, 1.807) is 0 Å². The van der Waals surface area contributed by atoms with Crippen molar-refractivity contribution in [1.29, 1.82) is 0 Å². The molecule has 1 aliphatic rings. The summed E-state index contributed by atoms with van der Waals surface area (Å²) >= 11 is 0. The Morgan fingerprint density at radius 2 is 1.77 bits per heavy atom. The van der Waals surface area contributed by atoms with Crippen LogP contribution in [0, 0.1) is 0 Å². The summed E-state index contributed by atoms with van der Waals surface area (Å²) in [5.74, 6) is -0.967. The summed E-state index contributed by atoms with van der Waals surface area (Å²) in [6.07, 6.45) is 8.15. The van der Waals surface area contributed by atoms with E-state index < -0.39 is 11.6 Å². The highest BCUT2D eigenvalue weighted by molar-refractivity contribution is 5.82. The van der Waals surface area contributed by atoms with Crippen molar-refractivity contribution in [3.8, 4) is 0 Å². The summed E-state index contributed by atoms with van der Waals surface area (Å²) in [6, 6.07) is 10.2. The zero-order chi connectivity index (χ0) is 21.9. The van der Waals surface area contributed by atoms with E-state index in [2.05, 4.69) is 45.3 Å². The molecular weight excluding hydrogens is 378 g/mol. The van der Waals surface area contributed by atoms with Gasteiger partial charge in [0, 0.05) is 20.0 Å². The summed E-state index contributed by atoms with van der Waals surface area (Å²) in [5, 5.41) is 13.2.